The molecule has 1 aliphatic heterocycles. The molecule has 1 saturated heterocycles. The number of sulfonamides is 1. The highest BCUT2D eigenvalue weighted by molar-refractivity contribution is 7.89. The Kier molecular flexibility index (Phi) is 7.59. The molecule has 0 aliphatic carbocycles. The molecule has 10 heteroatoms. The highest BCUT2D eigenvalue weighted by atomic mass is 32.2. The molecule has 1 aromatic carbocycles. The van der Waals surface area contributed by atoms with E-state index in [1.54, 1.807) is 24.3 Å². The van der Waals surface area contributed by atoms with Crippen LogP contribution in [0.25, 0.3) is 0 Å². The van der Waals surface area contributed by atoms with Crippen LogP contribution in [0.5, 0.6) is 0 Å². The molecule has 2 N–H and O–H groups in total. The molecule has 0 atom stereocenters. The van der Waals surface area contributed by atoms with Gasteiger partial charge in [0, 0.05) is 19.5 Å². The van der Waals surface area contributed by atoms with Gasteiger partial charge >= 0.3 is 0 Å². The first-order valence-electron chi connectivity index (χ1n) is 9.74. The molecule has 2 amide bonds. The Bertz CT molecular complexity index is 980. The van der Waals surface area contributed by atoms with E-state index in [0.29, 0.717) is 37.6 Å². The third-order valence-electron chi connectivity index (χ3n) is 4.82. The molecule has 1 fully saturated rings. The Morgan fingerprint density at radius 3 is 2.47 bits per heavy atom. The minimum absolute atomic E-state index is 0.168. The molecular weight excluding hydrogens is 426 g/mol. The maximum Gasteiger partial charge on any atom is 0.280 e. The zero-order chi connectivity index (χ0) is 21.6. The van der Waals surface area contributed by atoms with Gasteiger partial charge in [0.2, 0.25) is 15.9 Å². The minimum Gasteiger partial charge on any atom is -0.379 e. The zero-order valence-corrected chi connectivity index (χ0v) is 18.4. The SMILES string of the molecule is CCc1ccsc1C(=O)NNC(=O)CCc1ccc(S(=O)(=O)N2CCOCC2)cc1. The van der Waals surface area contributed by atoms with Crippen molar-refractivity contribution in [1.29, 1.82) is 0 Å². The summed E-state index contributed by atoms with van der Waals surface area (Å²) < 4.78 is 31.9. The van der Waals surface area contributed by atoms with Gasteiger partial charge in [-0.2, -0.15) is 4.31 Å². The zero-order valence-electron chi connectivity index (χ0n) is 16.7. The Labute approximate surface area is 180 Å². The second-order valence-corrected chi connectivity index (χ2v) is 9.65. The van der Waals surface area contributed by atoms with E-state index in [4.69, 9.17) is 4.74 Å². The molecule has 0 saturated carbocycles. The van der Waals surface area contributed by atoms with Gasteiger partial charge in [-0.25, -0.2) is 8.42 Å². The molecule has 8 nitrogen and oxygen atoms in total. The molecule has 0 radical (unpaired) electrons. The molecule has 162 valence electrons. The number of benzene rings is 1. The summed E-state index contributed by atoms with van der Waals surface area (Å²) in [5.41, 5.74) is 6.64. The number of rotatable bonds is 7. The summed E-state index contributed by atoms with van der Waals surface area (Å²) >= 11 is 1.33. The maximum absolute atomic E-state index is 12.6. The van der Waals surface area contributed by atoms with E-state index in [2.05, 4.69) is 10.9 Å². The Morgan fingerprint density at radius 2 is 1.80 bits per heavy atom. The van der Waals surface area contributed by atoms with E-state index in [0.717, 1.165) is 17.5 Å². The van der Waals surface area contributed by atoms with Crippen LogP contribution in [0.3, 0.4) is 0 Å². The van der Waals surface area contributed by atoms with Gasteiger partial charge in [0.05, 0.1) is 23.0 Å². The average molecular weight is 452 g/mol. The van der Waals surface area contributed by atoms with Crippen LogP contribution in [-0.2, 0) is 32.4 Å². The second kappa shape index (κ2) is 10.2. The lowest BCUT2D eigenvalue weighted by Gasteiger charge is -2.26. The minimum atomic E-state index is -3.53. The monoisotopic (exact) mass is 451 g/mol. The van der Waals surface area contributed by atoms with Crippen molar-refractivity contribution in [3.05, 3.63) is 51.7 Å². The van der Waals surface area contributed by atoms with Gasteiger partial charge in [0.25, 0.3) is 5.91 Å². The van der Waals surface area contributed by atoms with Crippen molar-refractivity contribution in [1.82, 2.24) is 15.2 Å². The third kappa shape index (κ3) is 5.45. The summed E-state index contributed by atoms with van der Waals surface area (Å²) in [6.07, 6.45) is 1.34. The predicted molar refractivity (Wildman–Crippen MR) is 114 cm³/mol. The number of thiophene rings is 1. The van der Waals surface area contributed by atoms with Gasteiger partial charge in [-0.05, 0) is 47.5 Å². The van der Waals surface area contributed by atoms with E-state index in [1.807, 2.05) is 18.4 Å². The summed E-state index contributed by atoms with van der Waals surface area (Å²) in [4.78, 5) is 25.0. The number of carbonyl (C=O) groups is 2. The lowest BCUT2D eigenvalue weighted by Crippen LogP contribution is -2.41. The highest BCUT2D eigenvalue weighted by Gasteiger charge is 2.26. The van der Waals surface area contributed by atoms with Crippen molar-refractivity contribution in [2.45, 2.75) is 31.1 Å². The van der Waals surface area contributed by atoms with Crippen molar-refractivity contribution in [2.75, 3.05) is 26.3 Å². The maximum atomic E-state index is 12.6. The number of aryl methyl sites for hydroxylation is 2. The fourth-order valence-corrected chi connectivity index (χ4v) is 5.38. The summed E-state index contributed by atoms with van der Waals surface area (Å²) in [5, 5.41) is 1.85. The van der Waals surface area contributed by atoms with Crippen LogP contribution >= 0.6 is 11.3 Å². The number of hydrogen-bond acceptors (Lipinski definition) is 6. The van der Waals surface area contributed by atoms with E-state index >= 15 is 0 Å². The van der Waals surface area contributed by atoms with Crippen LogP contribution in [0.4, 0.5) is 0 Å². The fraction of sp³-hybridized carbons (Fsp3) is 0.400. The summed E-state index contributed by atoms with van der Waals surface area (Å²) in [7, 11) is -3.53. The van der Waals surface area contributed by atoms with Gasteiger partial charge in [-0.3, -0.25) is 20.4 Å². The molecule has 30 heavy (non-hydrogen) atoms. The molecule has 2 heterocycles. The summed E-state index contributed by atoms with van der Waals surface area (Å²) in [6.45, 7) is 3.46. The largest absolute Gasteiger partial charge is 0.379 e. The topological polar surface area (TPSA) is 105 Å². The van der Waals surface area contributed by atoms with Crippen LogP contribution in [0.2, 0.25) is 0 Å². The van der Waals surface area contributed by atoms with Crippen LogP contribution in [0.15, 0.2) is 40.6 Å². The molecule has 0 unspecified atom stereocenters. The van der Waals surface area contributed by atoms with Gasteiger partial charge in [0.15, 0.2) is 0 Å². The highest BCUT2D eigenvalue weighted by Crippen LogP contribution is 2.18. The first kappa shape index (κ1) is 22.4. The van der Waals surface area contributed by atoms with Crippen LogP contribution < -0.4 is 10.9 Å². The van der Waals surface area contributed by atoms with Gasteiger partial charge in [-0.15, -0.1) is 11.3 Å². The second-order valence-electron chi connectivity index (χ2n) is 6.79. The number of nitrogens with zero attached hydrogens (tertiary/aromatic N) is 1. The van der Waals surface area contributed by atoms with Gasteiger partial charge in [-0.1, -0.05) is 19.1 Å². The molecule has 3 rings (SSSR count). The molecule has 0 spiro atoms. The van der Waals surface area contributed by atoms with E-state index in [-0.39, 0.29) is 23.1 Å². The Morgan fingerprint density at radius 1 is 1.10 bits per heavy atom. The number of hydrazine groups is 1. The Hall–Kier alpha value is -2.27. The quantitative estimate of drug-likeness (QED) is 0.624. The first-order valence-corrected chi connectivity index (χ1v) is 12.1. The van der Waals surface area contributed by atoms with Crippen molar-refractivity contribution >= 4 is 33.2 Å². The molecule has 0 bridgehead atoms. The van der Waals surface area contributed by atoms with E-state index in [9.17, 15) is 18.0 Å². The third-order valence-corrected chi connectivity index (χ3v) is 7.69. The number of nitrogens with one attached hydrogen (secondary N) is 2. The van der Waals surface area contributed by atoms with Gasteiger partial charge in [0.1, 0.15) is 0 Å². The van der Waals surface area contributed by atoms with E-state index in [1.165, 1.54) is 15.6 Å². The molecule has 2 aromatic rings. The lowest BCUT2D eigenvalue weighted by molar-refractivity contribution is -0.121. The smallest absolute Gasteiger partial charge is 0.280 e. The van der Waals surface area contributed by atoms with Crippen LogP contribution in [0.1, 0.15) is 34.1 Å². The van der Waals surface area contributed by atoms with Crippen LogP contribution in [0, 0.1) is 0 Å². The molecule has 1 aliphatic rings. The standard InChI is InChI=1S/C20H25N3O5S2/c1-2-16-9-14-29-19(16)20(25)22-21-18(24)8-5-15-3-6-17(7-4-15)30(26,27)23-10-12-28-13-11-23/h3-4,6-7,9,14H,2,5,8,10-13H2,1H3,(H,21,24)(H,22,25). The van der Waals surface area contributed by atoms with Crippen molar-refractivity contribution in [3.63, 3.8) is 0 Å². The fourth-order valence-electron chi connectivity index (χ4n) is 3.08. The normalized spacial score (nSPS) is 15.0. The number of morpholine rings is 1. The number of hydrogen-bond donors (Lipinski definition) is 2. The van der Waals surface area contributed by atoms with Crippen LogP contribution in [-0.4, -0.2) is 50.8 Å². The Balaban J connectivity index is 1.48. The first-order chi connectivity index (χ1) is 14.4. The molecular formula is C20H25N3O5S2. The van der Waals surface area contributed by atoms with E-state index < -0.39 is 10.0 Å². The number of ether oxygens (including phenoxy) is 1. The van der Waals surface area contributed by atoms with Gasteiger partial charge < -0.3 is 4.74 Å². The number of carbonyl (C=O) groups excluding carboxylic acids is 2. The lowest BCUT2D eigenvalue weighted by atomic mass is 10.1. The van der Waals surface area contributed by atoms with Crippen molar-refractivity contribution < 1.29 is 22.7 Å². The summed E-state index contributed by atoms with van der Waals surface area (Å²) in [5.74, 6) is -0.643. The number of amides is 2. The average Bonchev–Trinajstić information content (AvgIpc) is 3.26. The predicted octanol–water partition coefficient (Wildman–Crippen LogP) is 1.73. The van der Waals surface area contributed by atoms with Crippen molar-refractivity contribution in [2.24, 2.45) is 0 Å². The summed E-state index contributed by atoms with van der Waals surface area (Å²) in [6, 6.07) is 8.42. The van der Waals surface area contributed by atoms with Crippen molar-refractivity contribution in [3.8, 4) is 0 Å². The molecule has 1 aromatic heterocycles.